The first-order valence-corrected chi connectivity index (χ1v) is 1.49. The Kier molecular flexibility index (Phi) is 14.8. The van der Waals surface area contributed by atoms with Gasteiger partial charge in [0.05, 0.1) is 6.61 Å². The summed E-state index contributed by atoms with van der Waals surface area (Å²) in [6.07, 6.45) is 0. The summed E-state index contributed by atoms with van der Waals surface area (Å²) in [4.78, 5) is 0. The maximum atomic E-state index is 9.40. The van der Waals surface area contributed by atoms with Crippen molar-refractivity contribution in [2.45, 2.75) is 0 Å². The van der Waals surface area contributed by atoms with Crippen molar-refractivity contribution in [3.8, 4) is 0 Å². The third-order valence-electron chi connectivity index (χ3n) is 0.287. The number of methoxy groups -OCH3 is 1. The van der Waals surface area contributed by atoms with Gasteiger partial charge in [0.25, 0.3) is 0 Å². The van der Waals surface area contributed by atoms with Crippen LogP contribution in [0.1, 0.15) is 0 Å². The molecule has 0 unspecified atom stereocenters. The molecule has 0 aromatic rings. The van der Waals surface area contributed by atoms with Gasteiger partial charge < -0.3 is 4.74 Å². The Balaban J connectivity index is 0. The van der Waals surface area contributed by atoms with Crippen molar-refractivity contribution in [2.24, 2.45) is 0 Å². The van der Waals surface area contributed by atoms with E-state index in [1.807, 2.05) is 0 Å². The van der Waals surface area contributed by atoms with E-state index in [-0.39, 0.29) is 26.1 Å². The molecule has 0 amide bonds. The van der Waals surface area contributed by atoms with Crippen LogP contribution in [-0.4, -0.2) is 20.3 Å². The van der Waals surface area contributed by atoms with Crippen molar-refractivity contribution in [3.05, 3.63) is 0 Å². The van der Waals surface area contributed by atoms with E-state index in [1.54, 1.807) is 0 Å². The Labute approximate surface area is 50.3 Å². The Morgan fingerprint density at radius 1 is 1.67 bits per heavy atom. The molecule has 0 fully saturated rings. The van der Waals surface area contributed by atoms with Crippen LogP contribution >= 0.6 is 0 Å². The molecule has 3 heteroatoms. The summed E-state index contributed by atoms with van der Waals surface area (Å²) >= 11 is 0. The molecule has 1 radical (unpaired) electrons. The second-order valence-corrected chi connectivity index (χ2v) is 0.697. The Bertz CT molecular complexity index is 16.3. The fraction of sp³-hybridized carbons (Fsp3) is 1.00. The zero-order valence-corrected chi connectivity index (χ0v) is 6.90. The molecule has 2 nitrogen and oxygen atoms in total. The van der Waals surface area contributed by atoms with Gasteiger partial charge in [-0.15, -0.1) is 0 Å². The molecule has 0 aliphatic carbocycles. The van der Waals surface area contributed by atoms with E-state index in [4.69, 9.17) is 0 Å². The topological polar surface area (TPSA) is 29.1 Å². The summed E-state index contributed by atoms with van der Waals surface area (Å²) in [5.41, 5.74) is 0. The molecule has 0 spiro atoms. The number of hydrogen-bond donors (Lipinski definition) is 0. The molecule has 33 valence electrons. The van der Waals surface area contributed by atoms with Crippen LogP contribution in [0.25, 0.3) is 0 Å². The first-order chi connectivity index (χ1) is 2.41. The molecule has 0 N–H and O–H groups in total. The summed E-state index contributed by atoms with van der Waals surface area (Å²) in [7, 11) is 1.51. The van der Waals surface area contributed by atoms with E-state index in [0.717, 1.165) is 0 Å². The molecule has 0 bridgehead atoms. The number of rotatable bonds is 2. The van der Waals surface area contributed by atoms with Crippen LogP contribution in [0, 0.1) is 0 Å². The summed E-state index contributed by atoms with van der Waals surface area (Å²) in [6, 6.07) is 0. The predicted octanol–water partition coefficient (Wildman–Crippen LogP) is 0.0608. The van der Waals surface area contributed by atoms with Crippen LogP contribution < -0.4 is 0 Å². The first kappa shape index (κ1) is 9.74. The van der Waals surface area contributed by atoms with E-state index in [1.165, 1.54) is 7.11 Å². The van der Waals surface area contributed by atoms with Crippen LogP contribution in [0.3, 0.4) is 0 Å². The second-order valence-electron chi connectivity index (χ2n) is 0.697. The van der Waals surface area contributed by atoms with E-state index in [0.29, 0.717) is 6.61 Å². The maximum Gasteiger partial charge on any atom is 0.106 e. The average Bonchev–Trinajstić information content (AvgIpc) is 1.41. The Morgan fingerprint density at radius 2 is 2.17 bits per heavy atom. The van der Waals surface area contributed by atoms with Crippen molar-refractivity contribution in [1.29, 1.82) is 0 Å². The molecular formula is C3H7O2Zn. The van der Waals surface area contributed by atoms with E-state index in [2.05, 4.69) is 4.74 Å². The normalized spacial score (nSPS) is 7.00. The van der Waals surface area contributed by atoms with Gasteiger partial charge in [-0.05, 0) is 0 Å². The molecule has 0 saturated carbocycles. The summed E-state index contributed by atoms with van der Waals surface area (Å²) in [5.74, 6) is 0. The third-order valence-corrected chi connectivity index (χ3v) is 0.287. The quantitative estimate of drug-likeness (QED) is 0.499. The molecule has 6 heavy (non-hydrogen) atoms. The summed E-state index contributed by atoms with van der Waals surface area (Å²) < 4.78 is 4.38. The smallest absolute Gasteiger partial charge is 0.106 e. The van der Waals surface area contributed by atoms with Gasteiger partial charge in [0, 0.05) is 26.6 Å². The molecule has 0 aliphatic rings. The zero-order valence-electron chi connectivity index (χ0n) is 3.94. The van der Waals surface area contributed by atoms with Crippen molar-refractivity contribution in [2.75, 3.05) is 20.3 Å². The summed E-state index contributed by atoms with van der Waals surface area (Å²) in [5, 5.41) is 9.40. The second kappa shape index (κ2) is 9.11. The van der Waals surface area contributed by atoms with Crippen LogP contribution in [0.5, 0.6) is 0 Å². The van der Waals surface area contributed by atoms with Gasteiger partial charge in [0.15, 0.2) is 0 Å². The molecule has 0 aromatic carbocycles. The zero-order chi connectivity index (χ0) is 4.12. The van der Waals surface area contributed by atoms with Crippen LogP contribution in [0.2, 0.25) is 0 Å². The SMILES string of the molecule is COCC[O].[Zn]. The fourth-order valence-electron chi connectivity index (χ4n) is 0.0833. The molecular weight excluding hydrogens is 133 g/mol. The Hall–Kier alpha value is 0.543. The van der Waals surface area contributed by atoms with Gasteiger partial charge in [-0.25, -0.2) is 5.11 Å². The molecule has 0 heterocycles. The predicted molar refractivity (Wildman–Crippen MR) is 17.4 cm³/mol. The van der Waals surface area contributed by atoms with Gasteiger partial charge in [-0.3, -0.25) is 0 Å². The van der Waals surface area contributed by atoms with Crippen molar-refractivity contribution < 1.29 is 29.3 Å². The van der Waals surface area contributed by atoms with E-state index < -0.39 is 0 Å². The molecule has 0 saturated heterocycles. The minimum Gasteiger partial charge on any atom is -0.382 e. The first-order valence-electron chi connectivity index (χ1n) is 1.49. The molecule has 0 aromatic heterocycles. The minimum atomic E-state index is -0.128. The van der Waals surface area contributed by atoms with Crippen LogP contribution in [0.4, 0.5) is 0 Å². The van der Waals surface area contributed by atoms with E-state index in [9.17, 15) is 5.11 Å². The van der Waals surface area contributed by atoms with Gasteiger partial charge in [0.2, 0.25) is 0 Å². The van der Waals surface area contributed by atoms with Crippen molar-refractivity contribution >= 4 is 0 Å². The van der Waals surface area contributed by atoms with Crippen molar-refractivity contribution in [3.63, 3.8) is 0 Å². The largest absolute Gasteiger partial charge is 0.382 e. The maximum absolute atomic E-state index is 9.40. The number of hydrogen-bond acceptors (Lipinski definition) is 1. The number of ether oxygens (including phenoxy) is 1. The minimum absolute atomic E-state index is 0. The van der Waals surface area contributed by atoms with Crippen LogP contribution in [-0.2, 0) is 29.3 Å². The van der Waals surface area contributed by atoms with Gasteiger partial charge in [-0.1, -0.05) is 0 Å². The monoisotopic (exact) mass is 139 g/mol. The Morgan fingerprint density at radius 3 is 2.17 bits per heavy atom. The molecule has 0 aliphatic heterocycles. The average molecular weight is 140 g/mol. The standard InChI is InChI=1S/C3H7O2.Zn/c1-5-3-2-4;/h2-3H2,1H3;. The molecule has 0 rings (SSSR count). The summed E-state index contributed by atoms with van der Waals surface area (Å²) in [6.45, 7) is 0.205. The molecule has 0 atom stereocenters. The third kappa shape index (κ3) is 8.82. The van der Waals surface area contributed by atoms with Gasteiger partial charge in [0.1, 0.15) is 6.61 Å². The van der Waals surface area contributed by atoms with Crippen molar-refractivity contribution in [1.82, 2.24) is 0 Å². The van der Waals surface area contributed by atoms with Gasteiger partial charge in [-0.2, -0.15) is 0 Å². The van der Waals surface area contributed by atoms with E-state index >= 15 is 0 Å². The fourth-order valence-corrected chi connectivity index (χ4v) is 0.0833. The van der Waals surface area contributed by atoms with Crippen LogP contribution in [0.15, 0.2) is 0 Å². The van der Waals surface area contributed by atoms with Gasteiger partial charge >= 0.3 is 0 Å².